The molecule has 1 aliphatic heterocycles. The van der Waals surface area contributed by atoms with E-state index in [0.29, 0.717) is 0 Å². The van der Waals surface area contributed by atoms with Crippen LogP contribution in [0.2, 0.25) is 0 Å². The molecule has 2 heteroatoms. The Hall–Kier alpha value is -1.64. The Morgan fingerprint density at radius 2 is 1.67 bits per heavy atom. The molecular weight excluding hydrogens is 256 g/mol. The number of rotatable bonds is 4. The first-order chi connectivity index (χ1) is 10.2. The molecule has 21 heavy (non-hydrogen) atoms. The maximum Gasteiger partial charge on any atom is 0.0240 e. The van der Waals surface area contributed by atoms with Gasteiger partial charge in [-0.1, -0.05) is 48.5 Å². The van der Waals surface area contributed by atoms with E-state index in [9.17, 15) is 0 Å². The van der Waals surface area contributed by atoms with Crippen molar-refractivity contribution in [2.75, 3.05) is 6.54 Å². The topological polar surface area (TPSA) is 29.3 Å². The van der Waals surface area contributed by atoms with Gasteiger partial charge in [-0.2, -0.15) is 0 Å². The Morgan fingerprint density at radius 3 is 2.38 bits per heavy atom. The van der Waals surface area contributed by atoms with Gasteiger partial charge in [0.2, 0.25) is 0 Å². The summed E-state index contributed by atoms with van der Waals surface area (Å²) < 4.78 is 0. The minimum atomic E-state index is 0.231. The summed E-state index contributed by atoms with van der Waals surface area (Å²) in [5, 5.41) is 0. The lowest BCUT2D eigenvalue weighted by molar-refractivity contribution is 0.245. The van der Waals surface area contributed by atoms with Crippen LogP contribution in [0, 0.1) is 0 Å². The average molecular weight is 280 g/mol. The zero-order valence-electron chi connectivity index (χ0n) is 12.8. The molecule has 0 amide bonds. The monoisotopic (exact) mass is 280 g/mol. The number of nitrogens with zero attached hydrogens (tertiary/aromatic N) is 1. The van der Waals surface area contributed by atoms with Crippen LogP contribution in [0.4, 0.5) is 0 Å². The van der Waals surface area contributed by atoms with Crippen molar-refractivity contribution in [3.63, 3.8) is 0 Å². The van der Waals surface area contributed by atoms with Crippen LogP contribution >= 0.6 is 0 Å². The van der Waals surface area contributed by atoms with Gasteiger partial charge in [0.05, 0.1) is 0 Å². The predicted molar refractivity (Wildman–Crippen MR) is 88.1 cm³/mol. The molecule has 0 aliphatic carbocycles. The summed E-state index contributed by atoms with van der Waals surface area (Å²) in [6.45, 7) is 5.31. The molecular formula is C19H24N2. The first-order valence-electron chi connectivity index (χ1n) is 7.83. The van der Waals surface area contributed by atoms with Gasteiger partial charge < -0.3 is 5.73 Å². The molecule has 2 nitrogen and oxygen atoms in total. The molecule has 1 heterocycles. The van der Waals surface area contributed by atoms with Gasteiger partial charge in [-0.15, -0.1) is 0 Å². The van der Waals surface area contributed by atoms with Crippen LogP contribution in [-0.2, 0) is 25.9 Å². The lowest BCUT2D eigenvalue weighted by Crippen LogP contribution is -2.29. The molecule has 0 aromatic heterocycles. The molecule has 1 aliphatic rings. The lowest BCUT2D eigenvalue weighted by Gasteiger charge is -2.28. The maximum absolute atomic E-state index is 5.85. The number of nitrogens with two attached hydrogens (primary N) is 1. The normalized spacial score (nSPS) is 16.5. The summed E-state index contributed by atoms with van der Waals surface area (Å²) >= 11 is 0. The largest absolute Gasteiger partial charge is 0.328 e. The molecule has 3 rings (SSSR count). The highest BCUT2D eigenvalue weighted by atomic mass is 15.1. The standard InChI is InChI=1S/C19H24N2/c1-15(20)12-16-6-8-17(9-7-16)13-21-11-10-18-4-2-3-5-19(18)14-21/h2-9,15H,10-14,20H2,1H3. The van der Waals surface area contributed by atoms with Gasteiger partial charge in [0.15, 0.2) is 0 Å². The molecule has 1 unspecified atom stereocenters. The van der Waals surface area contributed by atoms with Crippen LogP contribution in [0.25, 0.3) is 0 Å². The predicted octanol–water partition coefficient (Wildman–Crippen LogP) is 3.13. The zero-order valence-corrected chi connectivity index (χ0v) is 12.8. The Kier molecular flexibility index (Phi) is 4.37. The second-order valence-corrected chi connectivity index (χ2v) is 6.23. The molecule has 2 aromatic carbocycles. The zero-order chi connectivity index (χ0) is 14.7. The van der Waals surface area contributed by atoms with Crippen molar-refractivity contribution in [2.24, 2.45) is 5.73 Å². The van der Waals surface area contributed by atoms with Crippen molar-refractivity contribution in [3.8, 4) is 0 Å². The molecule has 0 saturated heterocycles. The van der Waals surface area contributed by atoms with E-state index < -0.39 is 0 Å². The van der Waals surface area contributed by atoms with Crippen LogP contribution in [0.15, 0.2) is 48.5 Å². The molecule has 2 N–H and O–H groups in total. The van der Waals surface area contributed by atoms with E-state index in [-0.39, 0.29) is 6.04 Å². The van der Waals surface area contributed by atoms with E-state index in [1.165, 1.54) is 28.7 Å². The second-order valence-electron chi connectivity index (χ2n) is 6.23. The summed E-state index contributed by atoms with van der Waals surface area (Å²) in [5.41, 5.74) is 11.6. The Morgan fingerprint density at radius 1 is 1.00 bits per heavy atom. The van der Waals surface area contributed by atoms with E-state index in [2.05, 4.69) is 60.4 Å². The summed E-state index contributed by atoms with van der Waals surface area (Å²) in [4.78, 5) is 2.53. The third-order valence-electron chi connectivity index (χ3n) is 4.20. The Labute approximate surface area is 127 Å². The molecule has 0 radical (unpaired) electrons. The molecule has 0 fully saturated rings. The molecule has 2 aromatic rings. The fraction of sp³-hybridized carbons (Fsp3) is 0.368. The van der Waals surface area contributed by atoms with E-state index in [4.69, 9.17) is 5.73 Å². The highest BCUT2D eigenvalue weighted by molar-refractivity contribution is 5.29. The summed E-state index contributed by atoms with van der Waals surface area (Å²) in [5.74, 6) is 0. The van der Waals surface area contributed by atoms with Gasteiger partial charge >= 0.3 is 0 Å². The minimum Gasteiger partial charge on any atom is -0.328 e. The highest BCUT2D eigenvalue weighted by Gasteiger charge is 2.15. The van der Waals surface area contributed by atoms with Crippen LogP contribution in [0.3, 0.4) is 0 Å². The summed E-state index contributed by atoms with van der Waals surface area (Å²) in [6.07, 6.45) is 2.12. The van der Waals surface area contributed by atoms with Crippen LogP contribution < -0.4 is 5.73 Å². The first kappa shape index (κ1) is 14.3. The van der Waals surface area contributed by atoms with Gasteiger partial charge in [0.25, 0.3) is 0 Å². The van der Waals surface area contributed by atoms with Crippen molar-refractivity contribution >= 4 is 0 Å². The molecule has 1 atom stereocenters. The number of hydrogen-bond donors (Lipinski definition) is 1. The van der Waals surface area contributed by atoms with Crippen molar-refractivity contribution in [1.29, 1.82) is 0 Å². The first-order valence-corrected chi connectivity index (χ1v) is 7.83. The Bertz CT molecular complexity index is 587. The van der Waals surface area contributed by atoms with Gasteiger partial charge in [0.1, 0.15) is 0 Å². The molecule has 0 bridgehead atoms. The minimum absolute atomic E-state index is 0.231. The van der Waals surface area contributed by atoms with E-state index in [1.807, 2.05) is 0 Å². The van der Waals surface area contributed by atoms with Crippen molar-refractivity contribution < 1.29 is 0 Å². The van der Waals surface area contributed by atoms with Gasteiger partial charge in [-0.3, -0.25) is 4.90 Å². The Balaban J connectivity index is 1.62. The van der Waals surface area contributed by atoms with Crippen LogP contribution in [-0.4, -0.2) is 17.5 Å². The van der Waals surface area contributed by atoms with Gasteiger partial charge in [-0.25, -0.2) is 0 Å². The summed E-state index contributed by atoms with van der Waals surface area (Å²) in [7, 11) is 0. The number of benzene rings is 2. The van der Waals surface area contributed by atoms with Crippen LogP contribution in [0.1, 0.15) is 29.2 Å². The fourth-order valence-electron chi connectivity index (χ4n) is 3.10. The van der Waals surface area contributed by atoms with Gasteiger partial charge in [0, 0.05) is 25.7 Å². The third kappa shape index (κ3) is 3.72. The van der Waals surface area contributed by atoms with Crippen molar-refractivity contribution in [3.05, 3.63) is 70.8 Å². The molecule has 110 valence electrons. The fourth-order valence-corrected chi connectivity index (χ4v) is 3.10. The second kappa shape index (κ2) is 6.42. The maximum atomic E-state index is 5.85. The lowest BCUT2D eigenvalue weighted by atomic mass is 9.99. The van der Waals surface area contributed by atoms with Gasteiger partial charge in [-0.05, 0) is 42.0 Å². The molecule has 0 saturated carbocycles. The van der Waals surface area contributed by atoms with E-state index in [0.717, 1.165) is 26.1 Å². The molecule has 0 spiro atoms. The van der Waals surface area contributed by atoms with E-state index in [1.54, 1.807) is 0 Å². The number of fused-ring (bicyclic) bond motifs is 1. The summed E-state index contributed by atoms with van der Waals surface area (Å²) in [6, 6.07) is 18.0. The quantitative estimate of drug-likeness (QED) is 0.932. The van der Waals surface area contributed by atoms with Crippen molar-refractivity contribution in [1.82, 2.24) is 4.90 Å². The number of hydrogen-bond acceptors (Lipinski definition) is 2. The third-order valence-corrected chi connectivity index (χ3v) is 4.20. The van der Waals surface area contributed by atoms with Crippen LogP contribution in [0.5, 0.6) is 0 Å². The SMILES string of the molecule is CC(N)Cc1ccc(CN2CCc3ccccc3C2)cc1. The smallest absolute Gasteiger partial charge is 0.0240 e. The highest BCUT2D eigenvalue weighted by Crippen LogP contribution is 2.20. The van der Waals surface area contributed by atoms with E-state index >= 15 is 0 Å². The average Bonchev–Trinajstić information content (AvgIpc) is 2.49. The van der Waals surface area contributed by atoms with Crippen molar-refractivity contribution in [2.45, 2.75) is 38.9 Å².